The van der Waals surface area contributed by atoms with Gasteiger partial charge in [-0.3, -0.25) is 0 Å². The second kappa shape index (κ2) is 3.50. The fourth-order valence-corrected chi connectivity index (χ4v) is 5.49. The number of thiophene rings is 1. The van der Waals surface area contributed by atoms with Gasteiger partial charge in [-0.05, 0) is 18.1 Å². The van der Waals surface area contributed by atoms with Crippen molar-refractivity contribution in [1.29, 1.82) is 0 Å². The number of sulfonamides is 2. The van der Waals surface area contributed by atoms with Gasteiger partial charge in [-0.1, -0.05) is 0 Å². The van der Waals surface area contributed by atoms with Gasteiger partial charge in [0.25, 0.3) is 10.0 Å². The third-order valence-corrected chi connectivity index (χ3v) is 7.38. The highest BCUT2D eigenvalue weighted by Gasteiger charge is 2.32. The second-order valence-electron chi connectivity index (χ2n) is 3.50. The predicted octanol–water partition coefficient (Wildman–Crippen LogP) is -0.428. The number of hydrogen-bond donors (Lipinski definition) is 1. The summed E-state index contributed by atoms with van der Waals surface area (Å²) in [7, 11) is -5.89. The monoisotopic (exact) mass is 282 g/mol. The van der Waals surface area contributed by atoms with E-state index in [1.807, 2.05) is 0 Å². The molecule has 0 saturated carbocycles. The van der Waals surface area contributed by atoms with Crippen molar-refractivity contribution in [2.24, 2.45) is 5.14 Å². The topological polar surface area (TPSA) is 97.5 Å². The van der Waals surface area contributed by atoms with Crippen LogP contribution in [0.5, 0.6) is 0 Å². The van der Waals surface area contributed by atoms with E-state index in [0.29, 0.717) is 29.9 Å². The van der Waals surface area contributed by atoms with E-state index in [0.717, 1.165) is 0 Å². The Bertz CT molecular complexity index is 629. The maximum Gasteiger partial charge on any atom is 0.252 e. The number of fused-ring (bicyclic) bond motifs is 1. The van der Waals surface area contributed by atoms with Gasteiger partial charge in [-0.15, -0.1) is 11.3 Å². The van der Waals surface area contributed by atoms with Crippen LogP contribution in [0.25, 0.3) is 0 Å². The molecule has 0 aromatic carbocycles. The van der Waals surface area contributed by atoms with Crippen LogP contribution >= 0.6 is 11.3 Å². The standard InChI is InChI=1S/C7H10N2O4S3/c1-9-3-2-5-4-6(15(8,10)11)14-7(5)16(9,12)13/h4H,2-3H2,1H3,(H2,8,10,11). The van der Waals surface area contributed by atoms with E-state index in [1.54, 1.807) is 0 Å². The minimum absolute atomic E-state index is 0.0882. The lowest BCUT2D eigenvalue weighted by Gasteiger charge is -2.21. The summed E-state index contributed by atoms with van der Waals surface area (Å²) in [5.41, 5.74) is 0.534. The molecule has 1 aliphatic heterocycles. The molecule has 1 aromatic rings. The molecule has 1 aromatic heterocycles. The van der Waals surface area contributed by atoms with E-state index in [1.165, 1.54) is 17.4 Å². The predicted molar refractivity (Wildman–Crippen MR) is 59.2 cm³/mol. The molecule has 2 rings (SSSR count). The fraction of sp³-hybridized carbons (Fsp3) is 0.429. The van der Waals surface area contributed by atoms with Gasteiger partial charge in [-0.2, -0.15) is 4.31 Å². The van der Waals surface area contributed by atoms with Crippen LogP contribution in [0, 0.1) is 0 Å². The molecular formula is C7H10N2O4S3. The van der Waals surface area contributed by atoms with Crippen LogP contribution in [0.1, 0.15) is 5.56 Å². The van der Waals surface area contributed by atoms with Crippen molar-refractivity contribution >= 4 is 31.4 Å². The van der Waals surface area contributed by atoms with Crippen LogP contribution in [-0.4, -0.2) is 34.7 Å². The molecule has 0 radical (unpaired) electrons. The number of nitrogens with two attached hydrogens (primary N) is 1. The first-order valence-corrected chi connectivity index (χ1v) is 8.15. The molecular weight excluding hydrogens is 272 g/mol. The quantitative estimate of drug-likeness (QED) is 0.756. The summed E-state index contributed by atoms with van der Waals surface area (Å²) in [6, 6.07) is 1.35. The molecule has 2 heterocycles. The van der Waals surface area contributed by atoms with Gasteiger partial charge in [0, 0.05) is 13.6 Å². The van der Waals surface area contributed by atoms with Gasteiger partial charge in [0.05, 0.1) is 0 Å². The summed E-state index contributed by atoms with van der Waals surface area (Å²) < 4.78 is 47.1. The second-order valence-corrected chi connectivity index (χ2v) is 8.58. The Balaban J connectivity index is 2.67. The molecule has 0 unspecified atom stereocenters. The smallest absolute Gasteiger partial charge is 0.224 e. The van der Waals surface area contributed by atoms with Crippen molar-refractivity contribution in [3.63, 3.8) is 0 Å². The zero-order chi connectivity index (χ0) is 12.1. The van der Waals surface area contributed by atoms with Crippen LogP contribution in [-0.2, 0) is 26.5 Å². The molecule has 0 aliphatic carbocycles. The number of primary sulfonamides is 1. The Morgan fingerprint density at radius 3 is 2.69 bits per heavy atom. The van der Waals surface area contributed by atoms with Crippen LogP contribution in [0.2, 0.25) is 0 Å². The Hall–Kier alpha value is -0.480. The Morgan fingerprint density at radius 2 is 2.12 bits per heavy atom. The van der Waals surface area contributed by atoms with E-state index in [4.69, 9.17) is 5.14 Å². The zero-order valence-electron chi connectivity index (χ0n) is 8.37. The van der Waals surface area contributed by atoms with Crippen molar-refractivity contribution in [2.45, 2.75) is 14.8 Å². The molecule has 0 fully saturated rings. The van der Waals surface area contributed by atoms with E-state index in [9.17, 15) is 16.8 Å². The lowest BCUT2D eigenvalue weighted by Crippen LogP contribution is -2.32. The van der Waals surface area contributed by atoms with Gasteiger partial charge < -0.3 is 0 Å². The molecule has 6 nitrogen and oxygen atoms in total. The van der Waals surface area contributed by atoms with Crippen LogP contribution < -0.4 is 5.14 Å². The summed E-state index contributed by atoms with van der Waals surface area (Å²) in [6.07, 6.45) is 0.511. The lowest BCUT2D eigenvalue weighted by atomic mass is 10.2. The normalized spacial score (nSPS) is 20.6. The van der Waals surface area contributed by atoms with Crippen molar-refractivity contribution in [3.8, 4) is 0 Å². The fourth-order valence-electron chi connectivity index (χ4n) is 1.46. The van der Waals surface area contributed by atoms with Gasteiger partial charge in [0.1, 0.15) is 8.42 Å². The summed E-state index contributed by atoms with van der Waals surface area (Å²) >= 11 is 0.710. The van der Waals surface area contributed by atoms with Gasteiger partial charge in [0.15, 0.2) is 0 Å². The Morgan fingerprint density at radius 1 is 1.50 bits per heavy atom. The van der Waals surface area contributed by atoms with Crippen LogP contribution in [0.4, 0.5) is 0 Å². The molecule has 1 aliphatic rings. The van der Waals surface area contributed by atoms with E-state index >= 15 is 0 Å². The van der Waals surface area contributed by atoms with Gasteiger partial charge in [0.2, 0.25) is 10.0 Å². The third-order valence-electron chi connectivity index (χ3n) is 2.37. The molecule has 9 heteroatoms. The average molecular weight is 282 g/mol. The maximum atomic E-state index is 11.8. The largest absolute Gasteiger partial charge is 0.252 e. The third kappa shape index (κ3) is 1.78. The summed E-state index contributed by atoms with van der Waals surface area (Å²) in [5, 5.41) is 4.97. The zero-order valence-corrected chi connectivity index (χ0v) is 10.8. The Kier molecular flexibility index (Phi) is 2.63. The number of hydrogen-bond acceptors (Lipinski definition) is 5. The van der Waals surface area contributed by atoms with E-state index in [-0.39, 0.29) is 8.42 Å². The summed E-state index contributed by atoms with van der Waals surface area (Å²) in [6.45, 7) is 0.357. The molecule has 0 amide bonds. The summed E-state index contributed by atoms with van der Waals surface area (Å²) in [5.74, 6) is 0. The van der Waals surface area contributed by atoms with Crippen LogP contribution in [0.15, 0.2) is 14.5 Å². The van der Waals surface area contributed by atoms with Crippen molar-refractivity contribution in [3.05, 3.63) is 11.6 Å². The highest BCUT2D eigenvalue weighted by atomic mass is 32.3. The number of likely N-dealkylation sites (N-methyl/N-ethyl adjacent to an activating group) is 1. The first-order chi connectivity index (χ1) is 7.23. The first kappa shape index (κ1) is 12.0. The molecule has 2 N–H and O–H groups in total. The molecule has 16 heavy (non-hydrogen) atoms. The van der Waals surface area contributed by atoms with Crippen molar-refractivity contribution in [2.75, 3.05) is 13.6 Å². The van der Waals surface area contributed by atoms with Crippen LogP contribution in [0.3, 0.4) is 0 Å². The van der Waals surface area contributed by atoms with Gasteiger partial charge in [-0.25, -0.2) is 22.0 Å². The number of nitrogens with zero attached hydrogens (tertiary/aromatic N) is 1. The highest BCUT2D eigenvalue weighted by molar-refractivity contribution is 7.94. The Labute approximate surface area is 97.8 Å². The van der Waals surface area contributed by atoms with Crippen molar-refractivity contribution in [1.82, 2.24) is 4.31 Å². The molecule has 90 valence electrons. The van der Waals surface area contributed by atoms with Gasteiger partial charge >= 0.3 is 0 Å². The molecule has 0 atom stereocenters. The number of rotatable bonds is 1. The minimum Gasteiger partial charge on any atom is -0.224 e. The maximum absolute atomic E-state index is 11.8. The highest BCUT2D eigenvalue weighted by Crippen LogP contribution is 2.34. The molecule has 0 spiro atoms. The minimum atomic E-state index is -3.83. The average Bonchev–Trinajstić information content (AvgIpc) is 2.56. The SMILES string of the molecule is CN1CCc2cc(S(N)(=O)=O)sc2S1(=O)=O. The summed E-state index contributed by atoms with van der Waals surface area (Å²) in [4.78, 5) is 0. The first-order valence-electron chi connectivity index (χ1n) is 4.35. The molecule has 0 saturated heterocycles. The van der Waals surface area contributed by atoms with Crippen molar-refractivity contribution < 1.29 is 16.8 Å². The van der Waals surface area contributed by atoms with E-state index in [2.05, 4.69) is 0 Å². The molecule has 0 bridgehead atoms. The lowest BCUT2D eigenvalue weighted by molar-refractivity contribution is 0.461. The van der Waals surface area contributed by atoms with E-state index < -0.39 is 20.0 Å².